The Bertz CT molecular complexity index is 1250. The fraction of sp³-hybridized carbons (Fsp3) is 0.0833. The molecular formula is C24H18N2O6. The summed E-state index contributed by atoms with van der Waals surface area (Å²) in [4.78, 5) is 50.0. The maximum atomic E-state index is 12.9. The lowest BCUT2D eigenvalue weighted by atomic mass is 10.1. The topological polar surface area (TPSA) is 106 Å². The lowest BCUT2D eigenvalue weighted by Gasteiger charge is -2.26. The molecule has 4 rings (SSSR count). The van der Waals surface area contributed by atoms with Crippen molar-refractivity contribution < 1.29 is 28.3 Å². The number of hydrogen-bond donors (Lipinski definition) is 1. The maximum absolute atomic E-state index is 12.9. The molecule has 8 heteroatoms. The molecule has 8 nitrogen and oxygen atoms in total. The molecule has 3 aromatic rings. The zero-order valence-electron chi connectivity index (χ0n) is 17.2. The van der Waals surface area contributed by atoms with Gasteiger partial charge < -0.3 is 9.15 Å². The van der Waals surface area contributed by atoms with Crippen molar-refractivity contribution >= 4 is 35.6 Å². The molecule has 0 atom stereocenters. The van der Waals surface area contributed by atoms with E-state index in [2.05, 4.69) is 10.1 Å². The van der Waals surface area contributed by atoms with Gasteiger partial charge >= 0.3 is 12.0 Å². The lowest BCUT2D eigenvalue weighted by molar-refractivity contribution is -0.122. The van der Waals surface area contributed by atoms with Crippen molar-refractivity contribution in [2.45, 2.75) is 6.92 Å². The molecule has 1 aliphatic rings. The highest BCUT2D eigenvalue weighted by Gasteiger charge is 2.37. The summed E-state index contributed by atoms with van der Waals surface area (Å²) in [5.74, 6) is -1.26. The quantitative estimate of drug-likeness (QED) is 0.384. The monoisotopic (exact) mass is 430 g/mol. The number of benzene rings is 2. The fourth-order valence-electron chi connectivity index (χ4n) is 3.20. The van der Waals surface area contributed by atoms with Gasteiger partial charge in [0.15, 0.2) is 0 Å². The number of barbiturate groups is 1. The normalized spacial score (nSPS) is 15.1. The molecule has 2 aromatic carbocycles. The van der Waals surface area contributed by atoms with Gasteiger partial charge in [0.25, 0.3) is 11.8 Å². The van der Waals surface area contributed by atoms with E-state index in [1.807, 2.05) is 6.92 Å². The van der Waals surface area contributed by atoms with Gasteiger partial charge in [-0.15, -0.1) is 0 Å². The van der Waals surface area contributed by atoms with Crippen LogP contribution in [0.5, 0.6) is 0 Å². The third-order valence-corrected chi connectivity index (χ3v) is 4.90. The number of anilines is 1. The molecule has 0 unspecified atom stereocenters. The molecule has 0 saturated carbocycles. The molecule has 32 heavy (non-hydrogen) atoms. The van der Waals surface area contributed by atoms with Crippen LogP contribution in [0.3, 0.4) is 0 Å². The molecule has 4 amide bonds. The van der Waals surface area contributed by atoms with Crippen molar-refractivity contribution in [3.05, 3.63) is 83.1 Å². The number of imide groups is 2. The number of rotatable bonds is 4. The Morgan fingerprint density at radius 3 is 2.31 bits per heavy atom. The number of aryl methyl sites for hydroxylation is 1. The molecule has 2 heterocycles. The van der Waals surface area contributed by atoms with Crippen molar-refractivity contribution in [2.75, 3.05) is 12.0 Å². The summed E-state index contributed by atoms with van der Waals surface area (Å²) < 4.78 is 10.4. The van der Waals surface area contributed by atoms with Gasteiger partial charge in [-0.25, -0.2) is 14.5 Å². The molecule has 0 bridgehead atoms. The summed E-state index contributed by atoms with van der Waals surface area (Å²) in [6.07, 6.45) is 1.29. The number of amides is 4. The first kappa shape index (κ1) is 20.8. The summed E-state index contributed by atoms with van der Waals surface area (Å²) in [6, 6.07) is 15.8. The van der Waals surface area contributed by atoms with E-state index in [1.165, 1.54) is 13.2 Å². The van der Waals surface area contributed by atoms with Crippen LogP contribution < -0.4 is 10.2 Å². The maximum Gasteiger partial charge on any atom is 0.337 e. The summed E-state index contributed by atoms with van der Waals surface area (Å²) in [5, 5.41) is 2.18. The van der Waals surface area contributed by atoms with Crippen molar-refractivity contribution in [3.8, 4) is 11.3 Å². The minimum Gasteiger partial charge on any atom is -0.465 e. The second-order valence-electron chi connectivity index (χ2n) is 7.06. The molecule has 0 radical (unpaired) electrons. The van der Waals surface area contributed by atoms with Crippen LogP contribution in [-0.2, 0) is 14.3 Å². The highest BCUT2D eigenvalue weighted by molar-refractivity contribution is 6.39. The SMILES string of the molecule is COC(=O)c1ccc(-c2ccc(/C=C3\C(=O)NC(=O)N(c4ccc(C)cc4)C3=O)o2)cc1. The highest BCUT2D eigenvalue weighted by Crippen LogP contribution is 2.26. The number of carbonyl (C=O) groups is 4. The predicted octanol–water partition coefficient (Wildman–Crippen LogP) is 3.71. The van der Waals surface area contributed by atoms with E-state index >= 15 is 0 Å². The first-order valence-corrected chi connectivity index (χ1v) is 9.64. The van der Waals surface area contributed by atoms with E-state index in [1.54, 1.807) is 60.7 Å². The van der Waals surface area contributed by atoms with Crippen molar-refractivity contribution in [3.63, 3.8) is 0 Å². The van der Waals surface area contributed by atoms with Gasteiger partial charge in [-0.05, 0) is 49.4 Å². The molecule has 1 aliphatic heterocycles. The van der Waals surface area contributed by atoms with Gasteiger partial charge in [0.2, 0.25) is 0 Å². The van der Waals surface area contributed by atoms with Gasteiger partial charge in [-0.1, -0.05) is 29.8 Å². The Labute approximate surface area is 183 Å². The number of esters is 1. The van der Waals surface area contributed by atoms with Crippen molar-refractivity contribution in [2.24, 2.45) is 0 Å². The molecule has 1 N–H and O–H groups in total. The number of nitrogens with one attached hydrogen (secondary N) is 1. The zero-order valence-corrected chi connectivity index (χ0v) is 17.2. The van der Waals surface area contributed by atoms with E-state index in [0.29, 0.717) is 22.6 Å². The predicted molar refractivity (Wildman–Crippen MR) is 116 cm³/mol. The van der Waals surface area contributed by atoms with Gasteiger partial charge in [0, 0.05) is 5.56 Å². The number of ether oxygens (including phenoxy) is 1. The van der Waals surface area contributed by atoms with Gasteiger partial charge in [0.1, 0.15) is 17.1 Å². The average Bonchev–Trinajstić information content (AvgIpc) is 3.26. The largest absolute Gasteiger partial charge is 0.465 e. The van der Waals surface area contributed by atoms with Crippen molar-refractivity contribution in [1.29, 1.82) is 0 Å². The van der Waals surface area contributed by atoms with Crippen LogP contribution in [0.4, 0.5) is 10.5 Å². The third kappa shape index (κ3) is 3.93. The Balaban J connectivity index is 1.61. The fourth-order valence-corrected chi connectivity index (χ4v) is 3.20. The molecule has 160 valence electrons. The summed E-state index contributed by atoms with van der Waals surface area (Å²) in [7, 11) is 1.30. The van der Waals surface area contributed by atoms with Crippen LogP contribution in [0.1, 0.15) is 21.7 Å². The smallest absolute Gasteiger partial charge is 0.337 e. The standard InChI is InChI=1S/C24H18N2O6/c1-14-3-9-17(10-4-14)26-22(28)19(21(27)25-24(26)30)13-18-11-12-20(32-18)15-5-7-16(8-6-15)23(29)31-2/h3-13H,1-2H3,(H,25,27,30)/b19-13+. The van der Waals surface area contributed by atoms with Crippen LogP contribution in [0.2, 0.25) is 0 Å². The molecular weight excluding hydrogens is 412 g/mol. The van der Waals surface area contributed by atoms with Crippen LogP contribution in [-0.4, -0.2) is 30.9 Å². The molecule has 1 fully saturated rings. The summed E-state index contributed by atoms with van der Waals surface area (Å²) in [5.41, 5.74) is 2.18. The Morgan fingerprint density at radius 2 is 1.66 bits per heavy atom. The molecule has 1 saturated heterocycles. The second kappa shape index (κ2) is 8.35. The number of hydrogen-bond acceptors (Lipinski definition) is 6. The van der Waals surface area contributed by atoms with Crippen LogP contribution in [0.25, 0.3) is 17.4 Å². The minimum absolute atomic E-state index is 0.230. The first-order chi connectivity index (χ1) is 15.4. The van der Waals surface area contributed by atoms with E-state index in [0.717, 1.165) is 10.5 Å². The third-order valence-electron chi connectivity index (χ3n) is 4.90. The Kier molecular flexibility index (Phi) is 5.43. The van der Waals surface area contributed by atoms with Gasteiger partial charge in [-0.3, -0.25) is 14.9 Å². The second-order valence-corrected chi connectivity index (χ2v) is 7.06. The van der Waals surface area contributed by atoms with Crippen molar-refractivity contribution in [1.82, 2.24) is 5.32 Å². The number of furan rings is 1. The zero-order chi connectivity index (χ0) is 22.8. The number of carbonyl (C=O) groups excluding carboxylic acids is 4. The average molecular weight is 430 g/mol. The molecule has 0 spiro atoms. The van der Waals surface area contributed by atoms with Gasteiger partial charge in [-0.2, -0.15) is 0 Å². The Morgan fingerprint density at radius 1 is 0.969 bits per heavy atom. The van der Waals surface area contributed by atoms with Crippen LogP contribution >= 0.6 is 0 Å². The number of methoxy groups -OCH3 is 1. The summed E-state index contributed by atoms with van der Waals surface area (Å²) >= 11 is 0. The van der Waals surface area contributed by atoms with Crippen LogP contribution in [0.15, 0.2) is 70.7 Å². The van der Waals surface area contributed by atoms with Gasteiger partial charge in [0.05, 0.1) is 18.4 Å². The minimum atomic E-state index is -0.813. The van der Waals surface area contributed by atoms with E-state index < -0.39 is 23.8 Å². The van der Waals surface area contributed by atoms with Crippen LogP contribution in [0, 0.1) is 6.92 Å². The number of urea groups is 1. The highest BCUT2D eigenvalue weighted by atomic mass is 16.5. The van der Waals surface area contributed by atoms with E-state index in [4.69, 9.17) is 4.42 Å². The molecule has 1 aromatic heterocycles. The number of nitrogens with zero attached hydrogens (tertiary/aromatic N) is 1. The first-order valence-electron chi connectivity index (χ1n) is 9.64. The van der Waals surface area contributed by atoms with E-state index in [-0.39, 0.29) is 11.3 Å². The summed E-state index contributed by atoms with van der Waals surface area (Å²) in [6.45, 7) is 1.88. The molecule has 0 aliphatic carbocycles. The van der Waals surface area contributed by atoms with E-state index in [9.17, 15) is 19.2 Å². The Hall–Kier alpha value is -4.46. The lowest BCUT2D eigenvalue weighted by Crippen LogP contribution is -2.54.